The van der Waals surface area contributed by atoms with Gasteiger partial charge in [0, 0.05) is 12.1 Å². The first-order valence-electron chi connectivity index (χ1n) is 7.59. The maximum atomic E-state index is 12.3. The van der Waals surface area contributed by atoms with Gasteiger partial charge in [-0.15, -0.1) is 11.3 Å². The van der Waals surface area contributed by atoms with Crippen molar-refractivity contribution in [1.82, 2.24) is 10.3 Å². The van der Waals surface area contributed by atoms with E-state index in [4.69, 9.17) is 4.74 Å². The highest BCUT2D eigenvalue weighted by molar-refractivity contribution is 7.16. The molecule has 1 N–H and O–H groups in total. The van der Waals surface area contributed by atoms with E-state index < -0.39 is 0 Å². The SMILES string of the molecule is CCCOc1cccc(CNC(=O)c2ccc3ncsc3c2)c1. The van der Waals surface area contributed by atoms with E-state index in [0.29, 0.717) is 18.7 Å². The fraction of sp³-hybridized carbons (Fsp3) is 0.222. The van der Waals surface area contributed by atoms with Gasteiger partial charge in [-0.3, -0.25) is 4.79 Å². The number of carbonyl (C=O) groups is 1. The lowest BCUT2D eigenvalue weighted by atomic mass is 10.2. The minimum absolute atomic E-state index is 0.0832. The first-order chi connectivity index (χ1) is 11.3. The van der Waals surface area contributed by atoms with Crippen LogP contribution in [0.15, 0.2) is 48.0 Å². The van der Waals surface area contributed by atoms with Crippen LogP contribution < -0.4 is 10.1 Å². The van der Waals surface area contributed by atoms with Crippen LogP contribution in [0.5, 0.6) is 5.75 Å². The van der Waals surface area contributed by atoms with E-state index in [-0.39, 0.29) is 5.91 Å². The average Bonchev–Trinajstić information content (AvgIpc) is 3.06. The van der Waals surface area contributed by atoms with Crippen LogP contribution in [0, 0.1) is 0 Å². The fourth-order valence-electron chi connectivity index (χ4n) is 2.25. The first-order valence-corrected chi connectivity index (χ1v) is 8.47. The zero-order valence-corrected chi connectivity index (χ0v) is 13.7. The Balaban J connectivity index is 1.64. The van der Waals surface area contributed by atoms with Crippen LogP contribution in [0.3, 0.4) is 0 Å². The minimum Gasteiger partial charge on any atom is -0.494 e. The van der Waals surface area contributed by atoms with Crippen molar-refractivity contribution < 1.29 is 9.53 Å². The lowest BCUT2D eigenvalue weighted by Crippen LogP contribution is -2.22. The van der Waals surface area contributed by atoms with Crippen molar-refractivity contribution in [3.05, 3.63) is 59.1 Å². The highest BCUT2D eigenvalue weighted by atomic mass is 32.1. The van der Waals surface area contributed by atoms with E-state index in [2.05, 4.69) is 17.2 Å². The molecule has 4 nitrogen and oxygen atoms in total. The molecule has 0 aliphatic heterocycles. The summed E-state index contributed by atoms with van der Waals surface area (Å²) in [6.45, 7) is 3.25. The molecule has 118 valence electrons. The van der Waals surface area contributed by atoms with Crippen LogP contribution in [-0.2, 0) is 6.54 Å². The van der Waals surface area contributed by atoms with E-state index >= 15 is 0 Å². The molecule has 0 saturated carbocycles. The molecule has 23 heavy (non-hydrogen) atoms. The van der Waals surface area contributed by atoms with Gasteiger partial charge in [0.05, 0.1) is 22.3 Å². The monoisotopic (exact) mass is 326 g/mol. The molecule has 0 fully saturated rings. The predicted octanol–water partition coefficient (Wildman–Crippen LogP) is 4.02. The standard InChI is InChI=1S/C18H18N2O2S/c1-2-8-22-15-5-3-4-13(9-15)11-19-18(21)14-6-7-16-17(10-14)23-12-20-16/h3-7,9-10,12H,2,8,11H2,1H3,(H,19,21). The number of hydrogen-bond acceptors (Lipinski definition) is 4. The number of benzene rings is 2. The number of rotatable bonds is 6. The van der Waals surface area contributed by atoms with Crippen LogP contribution >= 0.6 is 11.3 Å². The van der Waals surface area contributed by atoms with Crippen molar-refractivity contribution in [1.29, 1.82) is 0 Å². The molecule has 1 heterocycles. The Morgan fingerprint density at radius 2 is 2.17 bits per heavy atom. The van der Waals surface area contributed by atoms with Crippen molar-refractivity contribution in [2.24, 2.45) is 0 Å². The molecule has 0 bridgehead atoms. The van der Waals surface area contributed by atoms with Gasteiger partial charge in [0.2, 0.25) is 0 Å². The van der Waals surface area contributed by atoms with Gasteiger partial charge in [-0.2, -0.15) is 0 Å². The van der Waals surface area contributed by atoms with Gasteiger partial charge in [0.25, 0.3) is 5.91 Å². The molecule has 3 aromatic rings. The molecule has 1 amide bonds. The molecule has 3 rings (SSSR count). The molecule has 2 aromatic carbocycles. The third-order valence-electron chi connectivity index (χ3n) is 3.42. The van der Waals surface area contributed by atoms with Gasteiger partial charge in [0.1, 0.15) is 5.75 Å². The van der Waals surface area contributed by atoms with E-state index in [1.807, 2.05) is 36.4 Å². The Kier molecular flexibility index (Phi) is 4.88. The molecular weight excluding hydrogens is 308 g/mol. The second-order valence-corrected chi connectivity index (χ2v) is 6.10. The third kappa shape index (κ3) is 3.87. The van der Waals surface area contributed by atoms with Crippen molar-refractivity contribution in [3.63, 3.8) is 0 Å². The second-order valence-electron chi connectivity index (χ2n) is 5.21. The van der Waals surface area contributed by atoms with Crippen LogP contribution in [0.2, 0.25) is 0 Å². The number of fused-ring (bicyclic) bond motifs is 1. The Morgan fingerprint density at radius 3 is 3.04 bits per heavy atom. The molecule has 5 heteroatoms. The smallest absolute Gasteiger partial charge is 0.251 e. The largest absolute Gasteiger partial charge is 0.494 e. The Hall–Kier alpha value is -2.40. The van der Waals surface area contributed by atoms with Gasteiger partial charge >= 0.3 is 0 Å². The molecule has 0 spiro atoms. The fourth-order valence-corrected chi connectivity index (χ4v) is 2.96. The Labute approximate surface area is 139 Å². The summed E-state index contributed by atoms with van der Waals surface area (Å²) in [5, 5.41) is 2.95. The highest BCUT2D eigenvalue weighted by Gasteiger charge is 2.07. The topological polar surface area (TPSA) is 51.2 Å². The number of nitrogens with zero attached hydrogens (tertiary/aromatic N) is 1. The van der Waals surface area contributed by atoms with E-state index in [1.165, 1.54) is 11.3 Å². The number of hydrogen-bond donors (Lipinski definition) is 1. The second kappa shape index (κ2) is 7.24. The molecular formula is C18H18N2O2S. The normalized spacial score (nSPS) is 10.7. The third-order valence-corrected chi connectivity index (χ3v) is 4.21. The molecule has 0 saturated heterocycles. The number of amides is 1. The molecule has 0 radical (unpaired) electrons. The lowest BCUT2D eigenvalue weighted by molar-refractivity contribution is 0.0951. The van der Waals surface area contributed by atoms with Gasteiger partial charge in [0.15, 0.2) is 0 Å². The number of aromatic nitrogens is 1. The lowest BCUT2D eigenvalue weighted by Gasteiger charge is -2.08. The highest BCUT2D eigenvalue weighted by Crippen LogP contribution is 2.19. The number of ether oxygens (including phenoxy) is 1. The van der Waals surface area contributed by atoms with Gasteiger partial charge < -0.3 is 10.1 Å². The average molecular weight is 326 g/mol. The molecule has 0 atom stereocenters. The maximum Gasteiger partial charge on any atom is 0.251 e. The molecule has 0 aliphatic rings. The van der Waals surface area contributed by atoms with Crippen LogP contribution in [0.25, 0.3) is 10.2 Å². The van der Waals surface area contributed by atoms with Crippen molar-refractivity contribution in [2.45, 2.75) is 19.9 Å². The maximum absolute atomic E-state index is 12.3. The van der Waals surface area contributed by atoms with Crippen LogP contribution in [0.1, 0.15) is 29.3 Å². The van der Waals surface area contributed by atoms with E-state index in [9.17, 15) is 4.79 Å². The van der Waals surface area contributed by atoms with Crippen molar-refractivity contribution in [3.8, 4) is 5.75 Å². The van der Waals surface area contributed by atoms with E-state index in [0.717, 1.165) is 28.0 Å². The molecule has 1 aromatic heterocycles. The minimum atomic E-state index is -0.0832. The number of nitrogens with one attached hydrogen (secondary N) is 1. The quantitative estimate of drug-likeness (QED) is 0.744. The summed E-state index contributed by atoms with van der Waals surface area (Å²) < 4.78 is 6.63. The summed E-state index contributed by atoms with van der Waals surface area (Å²) in [5.41, 5.74) is 4.38. The summed E-state index contributed by atoms with van der Waals surface area (Å²) in [6, 6.07) is 13.4. The van der Waals surface area contributed by atoms with Gasteiger partial charge in [-0.25, -0.2) is 4.98 Å². The molecule has 0 aliphatic carbocycles. The van der Waals surface area contributed by atoms with E-state index in [1.54, 1.807) is 11.6 Å². The zero-order chi connectivity index (χ0) is 16.1. The Bertz CT molecular complexity index is 813. The van der Waals surface area contributed by atoms with Crippen LogP contribution in [-0.4, -0.2) is 17.5 Å². The van der Waals surface area contributed by atoms with Crippen molar-refractivity contribution in [2.75, 3.05) is 6.61 Å². The summed E-state index contributed by atoms with van der Waals surface area (Å²) in [6.07, 6.45) is 0.973. The summed E-state index contributed by atoms with van der Waals surface area (Å²) >= 11 is 1.54. The zero-order valence-electron chi connectivity index (χ0n) is 12.9. The predicted molar refractivity (Wildman–Crippen MR) is 93.0 cm³/mol. The molecule has 0 unspecified atom stereocenters. The number of carbonyl (C=O) groups excluding carboxylic acids is 1. The van der Waals surface area contributed by atoms with Crippen molar-refractivity contribution >= 4 is 27.5 Å². The first kappa shape index (κ1) is 15.5. The number of thiazole rings is 1. The van der Waals surface area contributed by atoms with Gasteiger partial charge in [-0.1, -0.05) is 19.1 Å². The van der Waals surface area contributed by atoms with Gasteiger partial charge in [-0.05, 0) is 42.3 Å². The summed E-state index contributed by atoms with van der Waals surface area (Å²) in [7, 11) is 0. The summed E-state index contributed by atoms with van der Waals surface area (Å²) in [4.78, 5) is 16.5. The summed E-state index contributed by atoms with van der Waals surface area (Å²) in [5.74, 6) is 0.754. The Morgan fingerprint density at radius 1 is 1.26 bits per heavy atom. The van der Waals surface area contributed by atoms with Crippen LogP contribution in [0.4, 0.5) is 0 Å².